The van der Waals surface area contributed by atoms with E-state index < -0.39 is 17.4 Å². The second-order valence-electron chi connectivity index (χ2n) is 4.93. The van der Waals surface area contributed by atoms with E-state index in [1.165, 1.54) is 23.3 Å². The highest BCUT2D eigenvalue weighted by atomic mass is 32.1. The van der Waals surface area contributed by atoms with E-state index in [2.05, 4.69) is 5.32 Å². The van der Waals surface area contributed by atoms with Crippen LogP contribution in [0.2, 0.25) is 0 Å². The topological polar surface area (TPSA) is 86.7 Å². The van der Waals surface area contributed by atoms with Crippen molar-refractivity contribution in [2.75, 3.05) is 13.6 Å². The van der Waals surface area contributed by atoms with E-state index in [1.54, 1.807) is 17.5 Å². The van der Waals surface area contributed by atoms with Gasteiger partial charge in [-0.1, -0.05) is 6.07 Å². The van der Waals surface area contributed by atoms with Gasteiger partial charge in [0.2, 0.25) is 5.91 Å². The summed E-state index contributed by atoms with van der Waals surface area (Å²) in [6.07, 6.45) is 1.67. The third-order valence-corrected chi connectivity index (χ3v) is 4.31. The fourth-order valence-corrected chi connectivity index (χ4v) is 2.82. The van der Waals surface area contributed by atoms with Gasteiger partial charge in [0.05, 0.1) is 11.4 Å². The Hall–Kier alpha value is -1.89. The molecule has 2 rings (SSSR count). The summed E-state index contributed by atoms with van der Waals surface area (Å²) in [5.41, 5.74) is -1.14. The fraction of sp³-hybridized carbons (Fsp3) is 0.462. The number of nitrogens with zero attached hydrogens (tertiary/aromatic N) is 1. The highest BCUT2D eigenvalue weighted by molar-refractivity contribution is 7.12. The zero-order valence-electron chi connectivity index (χ0n) is 11.1. The maximum atomic E-state index is 12.0. The summed E-state index contributed by atoms with van der Waals surface area (Å²) in [5, 5.41) is 13.5. The minimum Gasteiger partial charge on any atom is -0.480 e. The van der Waals surface area contributed by atoms with Crippen molar-refractivity contribution in [1.29, 1.82) is 0 Å². The van der Waals surface area contributed by atoms with Gasteiger partial charge in [-0.05, 0) is 30.7 Å². The van der Waals surface area contributed by atoms with E-state index in [0.29, 0.717) is 17.7 Å². The Morgan fingerprint density at radius 3 is 2.60 bits per heavy atom. The van der Waals surface area contributed by atoms with Crippen molar-refractivity contribution in [3.8, 4) is 0 Å². The molecule has 1 aromatic heterocycles. The number of hydrogen-bond donors (Lipinski definition) is 2. The Labute approximate surface area is 120 Å². The lowest BCUT2D eigenvalue weighted by atomic mass is 9.77. The van der Waals surface area contributed by atoms with E-state index in [1.807, 2.05) is 0 Å². The lowest BCUT2D eigenvalue weighted by Gasteiger charge is -2.38. The highest BCUT2D eigenvalue weighted by Gasteiger charge is 2.45. The number of carbonyl (C=O) groups is 3. The van der Waals surface area contributed by atoms with E-state index in [-0.39, 0.29) is 12.5 Å². The van der Waals surface area contributed by atoms with Crippen LogP contribution in [0, 0.1) is 0 Å². The number of hydrogen-bond acceptors (Lipinski definition) is 4. The van der Waals surface area contributed by atoms with Crippen molar-refractivity contribution >= 4 is 29.1 Å². The largest absolute Gasteiger partial charge is 0.480 e. The van der Waals surface area contributed by atoms with E-state index in [4.69, 9.17) is 5.11 Å². The molecule has 20 heavy (non-hydrogen) atoms. The molecule has 2 N–H and O–H groups in total. The van der Waals surface area contributed by atoms with Crippen LogP contribution >= 0.6 is 11.3 Å². The van der Waals surface area contributed by atoms with Crippen LogP contribution in [-0.2, 0) is 9.59 Å². The normalized spacial score (nSPS) is 16.1. The van der Waals surface area contributed by atoms with E-state index >= 15 is 0 Å². The molecule has 1 saturated carbocycles. The lowest BCUT2D eigenvalue weighted by molar-refractivity contribution is -0.151. The maximum Gasteiger partial charge on any atom is 0.329 e. The number of rotatable bonds is 5. The van der Waals surface area contributed by atoms with E-state index in [9.17, 15) is 14.4 Å². The molecule has 0 aliphatic heterocycles. The summed E-state index contributed by atoms with van der Waals surface area (Å²) in [7, 11) is 1.52. The molecule has 1 aliphatic rings. The molecular formula is C13H16N2O4S. The van der Waals surface area contributed by atoms with Crippen LogP contribution in [0.5, 0.6) is 0 Å². The van der Waals surface area contributed by atoms with Crippen LogP contribution in [0.1, 0.15) is 28.9 Å². The summed E-state index contributed by atoms with van der Waals surface area (Å²) in [6, 6.07) is 3.45. The van der Waals surface area contributed by atoms with Crippen LogP contribution in [0.3, 0.4) is 0 Å². The van der Waals surface area contributed by atoms with Gasteiger partial charge in [0.25, 0.3) is 5.91 Å². The summed E-state index contributed by atoms with van der Waals surface area (Å²) in [5.74, 6) is -1.70. The van der Waals surface area contributed by atoms with Gasteiger partial charge >= 0.3 is 5.97 Å². The number of carboxylic acid groups (broad SMARTS) is 1. The second kappa shape index (κ2) is 5.62. The molecule has 1 aromatic rings. The van der Waals surface area contributed by atoms with Crippen molar-refractivity contribution in [1.82, 2.24) is 10.2 Å². The summed E-state index contributed by atoms with van der Waals surface area (Å²) in [4.78, 5) is 36.8. The van der Waals surface area contributed by atoms with Gasteiger partial charge in [0.1, 0.15) is 5.54 Å². The fourth-order valence-electron chi connectivity index (χ4n) is 2.10. The Morgan fingerprint density at radius 1 is 1.45 bits per heavy atom. The van der Waals surface area contributed by atoms with Crippen molar-refractivity contribution in [2.24, 2.45) is 0 Å². The molecule has 7 heteroatoms. The molecule has 0 unspecified atom stereocenters. The SMILES string of the molecule is CN(CC(=O)NC1(C(=O)O)CCC1)C(=O)c1cccs1. The predicted molar refractivity (Wildman–Crippen MR) is 73.6 cm³/mol. The van der Waals surface area contributed by atoms with Gasteiger partial charge in [-0.3, -0.25) is 9.59 Å². The summed E-state index contributed by atoms with van der Waals surface area (Å²) < 4.78 is 0. The van der Waals surface area contributed by atoms with Crippen molar-refractivity contribution < 1.29 is 19.5 Å². The molecule has 0 saturated heterocycles. The average molecular weight is 296 g/mol. The molecule has 0 bridgehead atoms. The van der Waals surface area contributed by atoms with Crippen LogP contribution in [0.15, 0.2) is 17.5 Å². The molecule has 0 aromatic carbocycles. The number of carboxylic acids is 1. The monoisotopic (exact) mass is 296 g/mol. The van der Waals surface area contributed by atoms with Crippen molar-refractivity contribution in [3.05, 3.63) is 22.4 Å². The molecule has 1 heterocycles. The van der Waals surface area contributed by atoms with Gasteiger partial charge in [0, 0.05) is 7.05 Å². The Balaban J connectivity index is 1.91. The molecule has 6 nitrogen and oxygen atoms in total. The first-order valence-corrected chi connectivity index (χ1v) is 7.16. The molecule has 2 amide bonds. The third-order valence-electron chi connectivity index (χ3n) is 3.45. The van der Waals surface area contributed by atoms with Crippen LogP contribution in [0.4, 0.5) is 0 Å². The van der Waals surface area contributed by atoms with Gasteiger partial charge in [-0.15, -0.1) is 11.3 Å². The number of carbonyl (C=O) groups excluding carboxylic acids is 2. The first kappa shape index (κ1) is 14.5. The number of amides is 2. The maximum absolute atomic E-state index is 12.0. The highest BCUT2D eigenvalue weighted by Crippen LogP contribution is 2.31. The van der Waals surface area contributed by atoms with Crippen LogP contribution < -0.4 is 5.32 Å². The van der Waals surface area contributed by atoms with Crippen LogP contribution in [-0.4, -0.2) is 46.9 Å². The summed E-state index contributed by atoms with van der Waals surface area (Å²) >= 11 is 1.30. The van der Waals surface area contributed by atoms with Gasteiger partial charge in [-0.2, -0.15) is 0 Å². The molecular weight excluding hydrogens is 280 g/mol. The minimum atomic E-state index is -1.14. The van der Waals surface area contributed by atoms with Crippen LogP contribution in [0.25, 0.3) is 0 Å². The van der Waals surface area contributed by atoms with Gasteiger partial charge in [-0.25, -0.2) is 4.79 Å². The molecule has 1 aliphatic carbocycles. The standard InChI is InChI=1S/C13H16N2O4S/c1-15(11(17)9-4-2-7-20-9)8-10(16)14-13(12(18)19)5-3-6-13/h2,4,7H,3,5-6,8H2,1H3,(H,14,16)(H,18,19). The second-order valence-corrected chi connectivity index (χ2v) is 5.88. The van der Waals surface area contributed by atoms with Crippen molar-refractivity contribution in [2.45, 2.75) is 24.8 Å². The molecule has 108 valence electrons. The zero-order chi connectivity index (χ0) is 14.8. The zero-order valence-corrected chi connectivity index (χ0v) is 11.9. The molecule has 0 spiro atoms. The molecule has 0 atom stereocenters. The van der Waals surface area contributed by atoms with Crippen molar-refractivity contribution in [3.63, 3.8) is 0 Å². The molecule has 0 radical (unpaired) electrons. The molecule has 1 fully saturated rings. The first-order valence-electron chi connectivity index (χ1n) is 6.28. The Kier molecular flexibility index (Phi) is 4.08. The number of nitrogens with one attached hydrogen (secondary N) is 1. The van der Waals surface area contributed by atoms with E-state index in [0.717, 1.165) is 6.42 Å². The Bertz CT molecular complexity index is 522. The van der Waals surface area contributed by atoms with Gasteiger partial charge < -0.3 is 15.3 Å². The Morgan fingerprint density at radius 2 is 2.15 bits per heavy atom. The first-order chi connectivity index (χ1) is 9.44. The minimum absolute atomic E-state index is 0.147. The lowest BCUT2D eigenvalue weighted by Crippen LogP contribution is -2.60. The number of aliphatic carboxylic acids is 1. The quantitative estimate of drug-likeness (QED) is 0.846. The third kappa shape index (κ3) is 2.82. The number of thiophene rings is 1. The number of likely N-dealkylation sites (N-methyl/N-ethyl adjacent to an activating group) is 1. The van der Waals surface area contributed by atoms with Gasteiger partial charge in [0.15, 0.2) is 0 Å². The predicted octanol–water partition coefficient (Wildman–Crippen LogP) is 0.944. The average Bonchev–Trinajstić information content (AvgIpc) is 2.85. The summed E-state index contributed by atoms with van der Waals surface area (Å²) in [6.45, 7) is -0.147. The smallest absolute Gasteiger partial charge is 0.329 e.